The van der Waals surface area contributed by atoms with Crippen LogP contribution in [0.2, 0.25) is 0 Å². The molecule has 1 saturated heterocycles. The van der Waals surface area contributed by atoms with Gasteiger partial charge in [0.25, 0.3) is 0 Å². The molecule has 0 aromatic carbocycles. The van der Waals surface area contributed by atoms with E-state index in [1.807, 2.05) is 6.92 Å². The molecule has 3 unspecified atom stereocenters. The number of nitrogens with one attached hydrogen (secondary N) is 1. The lowest BCUT2D eigenvalue weighted by Crippen LogP contribution is -2.47. The number of hydrogen-bond donors (Lipinski definition) is 2. The van der Waals surface area contributed by atoms with Gasteiger partial charge in [0, 0.05) is 12.1 Å². The van der Waals surface area contributed by atoms with E-state index >= 15 is 0 Å². The first kappa shape index (κ1) is 10.5. The summed E-state index contributed by atoms with van der Waals surface area (Å²) in [6, 6.07) is 1.33. The zero-order chi connectivity index (χ0) is 10.0. The minimum atomic E-state index is 0.113. The van der Waals surface area contributed by atoms with Gasteiger partial charge in [-0.05, 0) is 33.1 Å². The third-order valence-electron chi connectivity index (χ3n) is 3.22. The van der Waals surface area contributed by atoms with Crippen LogP contribution < -0.4 is 5.73 Å². The van der Waals surface area contributed by atoms with Crippen LogP contribution >= 0.6 is 0 Å². The highest BCUT2D eigenvalue weighted by Gasteiger charge is 2.33. The van der Waals surface area contributed by atoms with Gasteiger partial charge >= 0.3 is 0 Å². The van der Waals surface area contributed by atoms with Crippen LogP contribution in [-0.4, -0.2) is 28.9 Å². The minimum absolute atomic E-state index is 0.113. The van der Waals surface area contributed by atoms with E-state index in [1.54, 1.807) is 0 Å². The molecule has 0 bridgehead atoms. The molecule has 0 spiro atoms. The second-order valence-corrected chi connectivity index (χ2v) is 4.07. The number of likely N-dealkylation sites (tertiary alicyclic amines) is 1. The van der Waals surface area contributed by atoms with Crippen molar-refractivity contribution in [2.24, 2.45) is 5.73 Å². The average Bonchev–Trinajstić information content (AvgIpc) is 2.45. The van der Waals surface area contributed by atoms with Gasteiger partial charge in [-0.1, -0.05) is 6.92 Å². The topological polar surface area (TPSA) is 53.1 Å². The van der Waals surface area contributed by atoms with Crippen LogP contribution in [0, 0.1) is 5.41 Å². The van der Waals surface area contributed by atoms with Crippen LogP contribution in [0.3, 0.4) is 0 Å². The standard InChI is InChI=1S/C10H21N3/c1-4-9-6-5-7(2)13(9)8(3)10(11)12/h7-9H,4-6H2,1-3H3,(H3,11,12). The Morgan fingerprint density at radius 2 is 2.23 bits per heavy atom. The van der Waals surface area contributed by atoms with Gasteiger partial charge in [0.05, 0.1) is 6.04 Å². The van der Waals surface area contributed by atoms with Crippen LogP contribution in [0.15, 0.2) is 0 Å². The van der Waals surface area contributed by atoms with Crippen LogP contribution in [0.25, 0.3) is 0 Å². The maximum atomic E-state index is 7.46. The first-order valence-corrected chi connectivity index (χ1v) is 5.19. The summed E-state index contributed by atoms with van der Waals surface area (Å²) < 4.78 is 0. The first-order chi connectivity index (χ1) is 6.07. The van der Waals surface area contributed by atoms with Gasteiger partial charge in [0.15, 0.2) is 0 Å². The molecule has 3 atom stereocenters. The quantitative estimate of drug-likeness (QED) is 0.515. The third-order valence-corrected chi connectivity index (χ3v) is 3.22. The van der Waals surface area contributed by atoms with Gasteiger partial charge in [-0.3, -0.25) is 10.3 Å². The summed E-state index contributed by atoms with van der Waals surface area (Å²) in [7, 11) is 0. The molecule has 0 aromatic rings. The van der Waals surface area contributed by atoms with Crippen LogP contribution in [0.4, 0.5) is 0 Å². The number of amidine groups is 1. The Kier molecular flexibility index (Phi) is 3.31. The smallest absolute Gasteiger partial charge is 0.108 e. The summed E-state index contributed by atoms with van der Waals surface area (Å²) in [6.45, 7) is 6.48. The van der Waals surface area contributed by atoms with Gasteiger partial charge < -0.3 is 5.73 Å². The fourth-order valence-corrected chi connectivity index (χ4v) is 2.37. The van der Waals surface area contributed by atoms with Crippen LogP contribution in [-0.2, 0) is 0 Å². The summed E-state index contributed by atoms with van der Waals surface area (Å²) in [5.41, 5.74) is 5.54. The summed E-state index contributed by atoms with van der Waals surface area (Å²) in [5, 5.41) is 7.46. The Hall–Kier alpha value is -0.570. The second kappa shape index (κ2) is 4.09. The van der Waals surface area contributed by atoms with E-state index in [0.29, 0.717) is 17.9 Å². The molecule has 1 aliphatic rings. The molecule has 0 aromatic heterocycles. The molecule has 1 aliphatic heterocycles. The SMILES string of the molecule is CCC1CCC(C)N1C(C)C(=N)N. The largest absolute Gasteiger partial charge is 0.386 e. The van der Waals surface area contributed by atoms with Gasteiger partial charge in [0.2, 0.25) is 0 Å². The van der Waals surface area contributed by atoms with Gasteiger partial charge in [-0.2, -0.15) is 0 Å². The molecular weight excluding hydrogens is 162 g/mol. The summed E-state index contributed by atoms with van der Waals surface area (Å²) in [6.07, 6.45) is 3.67. The minimum Gasteiger partial charge on any atom is -0.386 e. The van der Waals surface area contributed by atoms with Crippen molar-refractivity contribution in [2.75, 3.05) is 0 Å². The van der Waals surface area contributed by atoms with Crippen molar-refractivity contribution in [1.82, 2.24) is 4.90 Å². The molecule has 0 radical (unpaired) electrons. The van der Waals surface area contributed by atoms with Gasteiger partial charge in [-0.15, -0.1) is 0 Å². The van der Waals surface area contributed by atoms with E-state index in [1.165, 1.54) is 19.3 Å². The van der Waals surface area contributed by atoms with Gasteiger partial charge in [0.1, 0.15) is 5.84 Å². The van der Waals surface area contributed by atoms with Crippen molar-refractivity contribution in [2.45, 2.75) is 58.2 Å². The van der Waals surface area contributed by atoms with E-state index in [9.17, 15) is 0 Å². The van der Waals surface area contributed by atoms with Crippen LogP contribution in [0.5, 0.6) is 0 Å². The van der Waals surface area contributed by atoms with E-state index in [4.69, 9.17) is 11.1 Å². The van der Waals surface area contributed by atoms with Crippen LogP contribution in [0.1, 0.15) is 40.0 Å². The number of nitrogens with zero attached hydrogens (tertiary/aromatic N) is 1. The normalized spacial score (nSPS) is 31.9. The molecule has 3 N–H and O–H groups in total. The molecule has 76 valence electrons. The molecule has 3 heteroatoms. The molecule has 0 saturated carbocycles. The molecule has 0 amide bonds. The molecule has 0 aliphatic carbocycles. The Morgan fingerprint density at radius 3 is 2.69 bits per heavy atom. The summed E-state index contributed by atoms with van der Waals surface area (Å²) in [5.74, 6) is 0.298. The number of nitrogens with two attached hydrogens (primary N) is 1. The lowest BCUT2D eigenvalue weighted by molar-refractivity contribution is 0.179. The molecule has 1 heterocycles. The monoisotopic (exact) mass is 183 g/mol. The lowest BCUT2D eigenvalue weighted by atomic mass is 10.1. The lowest BCUT2D eigenvalue weighted by Gasteiger charge is -2.32. The summed E-state index contributed by atoms with van der Waals surface area (Å²) >= 11 is 0. The van der Waals surface area contributed by atoms with Crippen molar-refractivity contribution in [3.05, 3.63) is 0 Å². The average molecular weight is 183 g/mol. The Morgan fingerprint density at radius 1 is 1.62 bits per heavy atom. The Bertz CT molecular complexity index is 191. The maximum absolute atomic E-state index is 7.46. The molecule has 1 rings (SSSR count). The third kappa shape index (κ3) is 2.02. The highest BCUT2D eigenvalue weighted by molar-refractivity contribution is 5.82. The fourth-order valence-electron chi connectivity index (χ4n) is 2.37. The van der Waals surface area contributed by atoms with Crippen molar-refractivity contribution in [1.29, 1.82) is 5.41 Å². The number of rotatable bonds is 3. The molecular formula is C10H21N3. The molecule has 3 nitrogen and oxygen atoms in total. The van der Waals surface area contributed by atoms with E-state index in [0.717, 1.165) is 0 Å². The second-order valence-electron chi connectivity index (χ2n) is 4.07. The zero-order valence-corrected chi connectivity index (χ0v) is 8.88. The Balaban J connectivity index is 2.68. The van der Waals surface area contributed by atoms with Gasteiger partial charge in [-0.25, -0.2) is 0 Å². The van der Waals surface area contributed by atoms with Crippen molar-refractivity contribution < 1.29 is 0 Å². The first-order valence-electron chi connectivity index (χ1n) is 5.19. The van der Waals surface area contributed by atoms with E-state index in [-0.39, 0.29) is 6.04 Å². The predicted octanol–water partition coefficient (Wildman–Crippen LogP) is 1.57. The summed E-state index contributed by atoms with van der Waals surface area (Å²) in [4.78, 5) is 2.39. The zero-order valence-electron chi connectivity index (χ0n) is 8.88. The number of hydrogen-bond acceptors (Lipinski definition) is 2. The fraction of sp³-hybridized carbons (Fsp3) is 0.900. The highest BCUT2D eigenvalue weighted by Crippen LogP contribution is 2.27. The Labute approximate surface area is 80.8 Å². The predicted molar refractivity (Wildman–Crippen MR) is 56.0 cm³/mol. The van der Waals surface area contributed by atoms with Crippen molar-refractivity contribution in [3.8, 4) is 0 Å². The molecule has 1 fully saturated rings. The van der Waals surface area contributed by atoms with E-state index < -0.39 is 0 Å². The van der Waals surface area contributed by atoms with Crippen molar-refractivity contribution >= 4 is 5.84 Å². The van der Waals surface area contributed by atoms with Crippen molar-refractivity contribution in [3.63, 3.8) is 0 Å². The highest BCUT2D eigenvalue weighted by atomic mass is 15.2. The maximum Gasteiger partial charge on any atom is 0.108 e. The van der Waals surface area contributed by atoms with E-state index in [2.05, 4.69) is 18.7 Å². The molecule has 13 heavy (non-hydrogen) atoms.